The van der Waals surface area contributed by atoms with E-state index < -0.39 is 23.9 Å². The number of halogens is 4. The summed E-state index contributed by atoms with van der Waals surface area (Å²) < 4.78 is 49.2. The normalized spacial score (nSPS) is 17.1. The Morgan fingerprint density at radius 2 is 2.00 bits per heavy atom. The predicted octanol–water partition coefficient (Wildman–Crippen LogP) is 3.38. The van der Waals surface area contributed by atoms with Crippen molar-refractivity contribution < 1.29 is 22.3 Å². The van der Waals surface area contributed by atoms with Gasteiger partial charge >= 0.3 is 12.4 Å². The van der Waals surface area contributed by atoms with Crippen molar-refractivity contribution in [1.29, 1.82) is 0 Å². The molecular weight excluding hydrogens is 401 g/mol. The van der Waals surface area contributed by atoms with Gasteiger partial charge in [0.2, 0.25) is 5.89 Å². The van der Waals surface area contributed by atoms with Gasteiger partial charge in [-0.25, -0.2) is 14.3 Å². The highest BCUT2D eigenvalue weighted by Gasteiger charge is 2.33. The molecule has 28 heavy (non-hydrogen) atoms. The third-order valence-electron chi connectivity index (χ3n) is 5.10. The molecule has 1 aliphatic heterocycles. The number of hydrogen-bond donors (Lipinski definition) is 3. The fourth-order valence-electron chi connectivity index (χ4n) is 3.22. The number of piperidine rings is 1. The fourth-order valence-corrected chi connectivity index (χ4v) is 3.22. The van der Waals surface area contributed by atoms with Crippen LogP contribution >= 0.6 is 12.4 Å². The summed E-state index contributed by atoms with van der Waals surface area (Å²) in [5.41, 5.74) is 0.0551. The number of hydrogen-bond acceptors (Lipinski definition) is 6. The van der Waals surface area contributed by atoms with Gasteiger partial charge in [0.25, 0.3) is 0 Å². The number of ether oxygens (including phenoxy) is 1. The van der Waals surface area contributed by atoms with Crippen molar-refractivity contribution in [3.8, 4) is 17.2 Å². The number of aromatic amines is 1. The Morgan fingerprint density at radius 1 is 1.32 bits per heavy atom. The summed E-state index contributed by atoms with van der Waals surface area (Å²) in [5.74, 6) is -2.55. The Bertz CT molecular complexity index is 852. The second-order valence-corrected chi connectivity index (χ2v) is 6.90. The standard InChI is InChI=1S/C17H21F3N4O3.ClH/c1-9(17(2)3-5-21-6-4-17)22-12-8-10(14-23-24-16(25)27-14)7-11(18)13(12)26-15(19)20;/h7-9,15,21-22H,3-6H2,1-2H3,(H,24,25);1H. The summed E-state index contributed by atoms with van der Waals surface area (Å²) in [7, 11) is 0. The Balaban J connectivity index is 0.00000280. The van der Waals surface area contributed by atoms with Crippen LogP contribution in [0.15, 0.2) is 21.3 Å². The van der Waals surface area contributed by atoms with Gasteiger partial charge in [-0.2, -0.15) is 8.78 Å². The maximum atomic E-state index is 14.5. The van der Waals surface area contributed by atoms with Crippen LogP contribution in [0.1, 0.15) is 26.7 Å². The quantitative estimate of drug-likeness (QED) is 0.661. The van der Waals surface area contributed by atoms with Crippen molar-refractivity contribution in [1.82, 2.24) is 15.5 Å². The Labute approximate surface area is 165 Å². The minimum absolute atomic E-state index is 0. The molecule has 2 heterocycles. The van der Waals surface area contributed by atoms with E-state index in [4.69, 9.17) is 4.42 Å². The molecule has 1 unspecified atom stereocenters. The number of nitrogens with zero attached hydrogens (tertiary/aromatic N) is 1. The summed E-state index contributed by atoms with van der Waals surface area (Å²) >= 11 is 0. The van der Waals surface area contributed by atoms with Gasteiger partial charge in [-0.05, 0) is 50.4 Å². The molecule has 1 atom stereocenters. The fraction of sp³-hybridized carbons (Fsp3) is 0.529. The van der Waals surface area contributed by atoms with Gasteiger partial charge in [-0.15, -0.1) is 17.5 Å². The summed E-state index contributed by atoms with van der Waals surface area (Å²) in [5, 5.41) is 12.1. The van der Waals surface area contributed by atoms with Crippen LogP contribution in [0.25, 0.3) is 11.5 Å². The molecule has 2 aromatic rings. The van der Waals surface area contributed by atoms with E-state index in [-0.39, 0.29) is 41.0 Å². The number of rotatable bonds is 6. The maximum absolute atomic E-state index is 14.5. The number of benzene rings is 1. The van der Waals surface area contributed by atoms with E-state index in [1.54, 1.807) is 0 Å². The van der Waals surface area contributed by atoms with Crippen molar-refractivity contribution >= 4 is 18.1 Å². The van der Waals surface area contributed by atoms with Gasteiger partial charge < -0.3 is 19.8 Å². The van der Waals surface area contributed by atoms with Gasteiger partial charge in [0, 0.05) is 11.6 Å². The third-order valence-corrected chi connectivity index (χ3v) is 5.10. The van der Waals surface area contributed by atoms with E-state index in [1.165, 1.54) is 6.07 Å². The molecule has 3 rings (SSSR count). The van der Waals surface area contributed by atoms with Gasteiger partial charge in [0.15, 0.2) is 11.6 Å². The zero-order chi connectivity index (χ0) is 19.6. The van der Waals surface area contributed by atoms with E-state index in [2.05, 4.69) is 32.5 Å². The average Bonchev–Trinajstić information content (AvgIpc) is 3.04. The van der Waals surface area contributed by atoms with Crippen LogP contribution in [-0.2, 0) is 0 Å². The van der Waals surface area contributed by atoms with Crippen LogP contribution in [-0.4, -0.2) is 35.9 Å². The smallest absolute Gasteiger partial charge is 0.429 e. The van der Waals surface area contributed by atoms with Crippen LogP contribution < -0.4 is 21.1 Å². The summed E-state index contributed by atoms with van der Waals surface area (Å²) in [4.78, 5) is 11.1. The minimum atomic E-state index is -3.18. The Morgan fingerprint density at radius 3 is 2.57 bits per heavy atom. The maximum Gasteiger partial charge on any atom is 0.434 e. The highest BCUT2D eigenvalue weighted by Crippen LogP contribution is 2.38. The molecule has 1 saturated heterocycles. The van der Waals surface area contributed by atoms with Crippen molar-refractivity contribution in [3.05, 3.63) is 28.5 Å². The van der Waals surface area contributed by atoms with E-state index in [9.17, 15) is 18.0 Å². The first-order valence-corrected chi connectivity index (χ1v) is 8.60. The van der Waals surface area contributed by atoms with Crippen LogP contribution in [0.3, 0.4) is 0 Å². The summed E-state index contributed by atoms with van der Waals surface area (Å²) in [6.07, 6.45) is 1.76. The summed E-state index contributed by atoms with van der Waals surface area (Å²) in [6, 6.07) is 2.15. The zero-order valence-corrected chi connectivity index (χ0v) is 16.2. The van der Waals surface area contributed by atoms with Gasteiger partial charge in [-0.3, -0.25) is 0 Å². The number of alkyl halides is 2. The lowest BCUT2D eigenvalue weighted by atomic mass is 9.75. The molecule has 1 aliphatic rings. The molecule has 1 aromatic carbocycles. The van der Waals surface area contributed by atoms with E-state index in [1.807, 2.05) is 6.92 Å². The van der Waals surface area contributed by atoms with Crippen LogP contribution in [0.2, 0.25) is 0 Å². The lowest BCUT2D eigenvalue weighted by Crippen LogP contribution is -2.44. The van der Waals surface area contributed by atoms with Crippen molar-refractivity contribution in [2.75, 3.05) is 18.4 Å². The topological polar surface area (TPSA) is 92.2 Å². The zero-order valence-electron chi connectivity index (χ0n) is 15.4. The molecule has 0 radical (unpaired) electrons. The highest BCUT2D eigenvalue weighted by atomic mass is 35.5. The van der Waals surface area contributed by atoms with E-state index >= 15 is 0 Å². The first-order chi connectivity index (χ1) is 12.8. The highest BCUT2D eigenvalue weighted by molar-refractivity contribution is 5.85. The SMILES string of the molecule is CC(Nc1cc(-c2n[nH]c(=O)o2)cc(F)c1OC(F)F)C1(C)CCNCC1.Cl. The second kappa shape index (κ2) is 8.87. The molecule has 0 bridgehead atoms. The number of anilines is 1. The van der Waals surface area contributed by atoms with Crippen LogP contribution in [0.5, 0.6) is 5.75 Å². The van der Waals surface area contributed by atoms with Crippen molar-refractivity contribution in [2.45, 2.75) is 39.3 Å². The van der Waals surface area contributed by atoms with Gasteiger partial charge in [-0.1, -0.05) is 6.92 Å². The Kier molecular flexibility index (Phi) is 7.00. The van der Waals surface area contributed by atoms with E-state index in [0.29, 0.717) is 0 Å². The number of H-pyrrole nitrogens is 1. The lowest BCUT2D eigenvalue weighted by Gasteiger charge is -2.40. The molecule has 11 heteroatoms. The Hall–Kier alpha value is -2.20. The molecular formula is C17H22ClF3N4O3. The largest absolute Gasteiger partial charge is 0.434 e. The molecule has 1 fully saturated rings. The lowest BCUT2D eigenvalue weighted by molar-refractivity contribution is -0.0517. The molecule has 3 N–H and O–H groups in total. The molecule has 7 nitrogen and oxygen atoms in total. The molecule has 0 aliphatic carbocycles. The molecule has 0 spiro atoms. The third kappa shape index (κ3) is 4.79. The molecule has 0 saturated carbocycles. The molecule has 0 amide bonds. The molecule has 156 valence electrons. The first kappa shape index (κ1) is 22.1. The molecule has 1 aromatic heterocycles. The number of aromatic nitrogens is 2. The van der Waals surface area contributed by atoms with Gasteiger partial charge in [0.1, 0.15) is 0 Å². The predicted molar refractivity (Wildman–Crippen MR) is 99.7 cm³/mol. The monoisotopic (exact) mass is 422 g/mol. The minimum Gasteiger partial charge on any atom is -0.429 e. The van der Waals surface area contributed by atoms with Crippen molar-refractivity contribution in [2.24, 2.45) is 5.41 Å². The number of nitrogens with one attached hydrogen (secondary N) is 3. The average molecular weight is 423 g/mol. The van der Waals surface area contributed by atoms with Gasteiger partial charge in [0.05, 0.1) is 5.69 Å². The summed E-state index contributed by atoms with van der Waals surface area (Å²) in [6.45, 7) is 2.51. The van der Waals surface area contributed by atoms with Crippen molar-refractivity contribution in [3.63, 3.8) is 0 Å². The second-order valence-electron chi connectivity index (χ2n) is 6.90. The van der Waals surface area contributed by atoms with Crippen LogP contribution in [0, 0.1) is 11.2 Å². The van der Waals surface area contributed by atoms with Crippen LogP contribution in [0.4, 0.5) is 18.9 Å². The first-order valence-electron chi connectivity index (χ1n) is 8.60. The van der Waals surface area contributed by atoms with E-state index in [0.717, 1.165) is 32.0 Å².